The number of hydrogen-bond acceptors (Lipinski definition) is 2. The molecule has 0 saturated heterocycles. The van der Waals surface area contributed by atoms with Gasteiger partial charge in [-0.3, -0.25) is 0 Å². The van der Waals surface area contributed by atoms with Crippen LogP contribution in [-0.4, -0.2) is 19.1 Å². The molecule has 11 rings (SSSR count). The first kappa shape index (κ1) is 31.9. The largest absolute Gasteiger partial charge is 0.309 e. The lowest BCUT2D eigenvalue weighted by molar-refractivity contribution is 1.15. The lowest BCUT2D eigenvalue weighted by Gasteiger charge is -2.13. The summed E-state index contributed by atoms with van der Waals surface area (Å²) in [6.45, 7) is 0. The van der Waals surface area contributed by atoms with Crippen LogP contribution in [0.15, 0.2) is 206 Å². The average Bonchev–Trinajstić information content (AvgIpc) is 3.80. The summed E-state index contributed by atoms with van der Waals surface area (Å²) in [6, 6.07) is 73.1. The molecule has 262 valence electrons. The first-order valence-corrected chi connectivity index (χ1v) is 19.0. The molecule has 3 heterocycles. The fraction of sp³-hybridized carbons (Fsp3) is 0. The smallest absolute Gasteiger partial charge is 0.160 e. The third-order valence-electron chi connectivity index (χ3n) is 10.9. The first-order valence-electron chi connectivity index (χ1n) is 19.0. The van der Waals surface area contributed by atoms with Gasteiger partial charge in [-0.1, -0.05) is 158 Å². The Hall–Kier alpha value is -7.56. The van der Waals surface area contributed by atoms with Crippen LogP contribution in [0.4, 0.5) is 0 Å². The quantitative estimate of drug-likeness (QED) is 0.172. The molecule has 4 nitrogen and oxygen atoms in total. The second-order valence-corrected chi connectivity index (χ2v) is 14.2. The summed E-state index contributed by atoms with van der Waals surface area (Å²) >= 11 is 0. The van der Waals surface area contributed by atoms with Gasteiger partial charge in [0, 0.05) is 38.7 Å². The maximum absolute atomic E-state index is 5.41. The van der Waals surface area contributed by atoms with E-state index >= 15 is 0 Å². The maximum atomic E-state index is 5.41. The lowest BCUT2D eigenvalue weighted by atomic mass is 9.97. The van der Waals surface area contributed by atoms with E-state index in [1.165, 1.54) is 33.0 Å². The minimum absolute atomic E-state index is 0.696. The van der Waals surface area contributed by atoms with Gasteiger partial charge in [-0.25, -0.2) is 9.97 Å². The monoisotopic (exact) mass is 714 g/mol. The number of rotatable bonds is 6. The topological polar surface area (TPSA) is 35.6 Å². The minimum Gasteiger partial charge on any atom is -0.309 e. The normalized spacial score (nSPS) is 11.6. The van der Waals surface area contributed by atoms with E-state index in [-0.39, 0.29) is 0 Å². The van der Waals surface area contributed by atoms with Gasteiger partial charge in [0.25, 0.3) is 0 Å². The van der Waals surface area contributed by atoms with Crippen LogP contribution in [0.3, 0.4) is 0 Å². The van der Waals surface area contributed by atoms with Gasteiger partial charge in [0.05, 0.1) is 27.8 Å². The zero-order valence-corrected chi connectivity index (χ0v) is 30.4. The van der Waals surface area contributed by atoms with Crippen molar-refractivity contribution in [2.75, 3.05) is 0 Å². The molecule has 0 aliphatic rings. The Morgan fingerprint density at radius 1 is 0.339 bits per heavy atom. The predicted molar refractivity (Wildman–Crippen MR) is 232 cm³/mol. The second kappa shape index (κ2) is 13.1. The molecule has 0 amide bonds. The summed E-state index contributed by atoms with van der Waals surface area (Å²) in [5.74, 6) is 0.696. The van der Waals surface area contributed by atoms with Crippen molar-refractivity contribution in [3.63, 3.8) is 0 Å². The van der Waals surface area contributed by atoms with Crippen LogP contribution >= 0.6 is 0 Å². The van der Waals surface area contributed by atoms with Crippen LogP contribution < -0.4 is 0 Å². The molecule has 8 aromatic carbocycles. The Kier molecular flexibility index (Phi) is 7.46. The van der Waals surface area contributed by atoms with Gasteiger partial charge in [0.1, 0.15) is 5.52 Å². The highest BCUT2D eigenvalue weighted by molar-refractivity contribution is 6.16. The van der Waals surface area contributed by atoms with Crippen molar-refractivity contribution < 1.29 is 0 Å². The number of nitrogens with zero attached hydrogens (tertiary/aromatic N) is 4. The Balaban J connectivity index is 1.12. The van der Waals surface area contributed by atoms with E-state index in [1.807, 2.05) is 0 Å². The highest BCUT2D eigenvalue weighted by atomic mass is 15.0. The minimum atomic E-state index is 0.696. The summed E-state index contributed by atoms with van der Waals surface area (Å²) in [6.07, 6.45) is 0. The van der Waals surface area contributed by atoms with Crippen molar-refractivity contribution in [2.24, 2.45) is 0 Å². The molecular formula is C52H34N4. The molecule has 0 aliphatic heterocycles. The van der Waals surface area contributed by atoms with Crippen LogP contribution in [0.2, 0.25) is 0 Å². The summed E-state index contributed by atoms with van der Waals surface area (Å²) < 4.78 is 4.70. The Bertz CT molecular complexity index is 3230. The third-order valence-corrected chi connectivity index (χ3v) is 10.9. The van der Waals surface area contributed by atoms with E-state index in [4.69, 9.17) is 9.97 Å². The number of para-hydroxylation sites is 3. The summed E-state index contributed by atoms with van der Waals surface area (Å²) in [5, 5.41) is 3.53. The van der Waals surface area contributed by atoms with Crippen molar-refractivity contribution in [1.29, 1.82) is 0 Å². The van der Waals surface area contributed by atoms with E-state index in [2.05, 4.69) is 215 Å². The van der Waals surface area contributed by atoms with Crippen molar-refractivity contribution in [2.45, 2.75) is 0 Å². The number of fused-ring (bicyclic) bond motifs is 6. The van der Waals surface area contributed by atoms with E-state index in [1.54, 1.807) is 0 Å². The van der Waals surface area contributed by atoms with Crippen molar-refractivity contribution in [3.05, 3.63) is 206 Å². The average molecular weight is 715 g/mol. The van der Waals surface area contributed by atoms with Crippen LogP contribution in [-0.2, 0) is 0 Å². The molecule has 0 unspecified atom stereocenters. The van der Waals surface area contributed by atoms with Crippen molar-refractivity contribution in [3.8, 4) is 56.3 Å². The van der Waals surface area contributed by atoms with Gasteiger partial charge in [-0.2, -0.15) is 0 Å². The van der Waals surface area contributed by atoms with E-state index in [0.717, 1.165) is 61.2 Å². The van der Waals surface area contributed by atoms with E-state index in [0.29, 0.717) is 5.82 Å². The molecule has 11 aromatic rings. The molecule has 0 aliphatic carbocycles. The fourth-order valence-electron chi connectivity index (χ4n) is 8.43. The van der Waals surface area contributed by atoms with Gasteiger partial charge >= 0.3 is 0 Å². The molecule has 0 radical (unpaired) electrons. The molecule has 0 spiro atoms. The van der Waals surface area contributed by atoms with Crippen LogP contribution in [0.1, 0.15) is 0 Å². The molecule has 0 bridgehead atoms. The SMILES string of the molecule is c1ccc(-c2cccc(-n3c4ccccc4c4c(-c5cccc(-c6nc(-c7ccccc7)c7c(n6)c6ccccc6n7-c6ccccc6)c5)cccc43)c2)cc1. The molecule has 3 aromatic heterocycles. The molecule has 0 atom stereocenters. The molecule has 0 fully saturated rings. The van der Waals surface area contributed by atoms with Gasteiger partial charge in [-0.15, -0.1) is 0 Å². The number of benzene rings is 8. The number of aromatic nitrogens is 4. The van der Waals surface area contributed by atoms with Crippen molar-refractivity contribution >= 4 is 43.7 Å². The van der Waals surface area contributed by atoms with Gasteiger partial charge in [-0.05, 0) is 70.8 Å². The Morgan fingerprint density at radius 2 is 0.893 bits per heavy atom. The second-order valence-electron chi connectivity index (χ2n) is 14.2. The van der Waals surface area contributed by atoms with Gasteiger partial charge in [0.2, 0.25) is 0 Å². The maximum Gasteiger partial charge on any atom is 0.160 e. The molecule has 56 heavy (non-hydrogen) atoms. The van der Waals surface area contributed by atoms with Gasteiger partial charge in [0.15, 0.2) is 5.82 Å². The summed E-state index contributed by atoms with van der Waals surface area (Å²) in [7, 11) is 0. The highest BCUT2D eigenvalue weighted by Crippen LogP contribution is 2.41. The molecule has 0 saturated carbocycles. The highest BCUT2D eigenvalue weighted by Gasteiger charge is 2.22. The van der Waals surface area contributed by atoms with Gasteiger partial charge < -0.3 is 9.13 Å². The van der Waals surface area contributed by atoms with Crippen LogP contribution in [0.25, 0.3) is 100 Å². The summed E-state index contributed by atoms with van der Waals surface area (Å²) in [5.41, 5.74) is 15.2. The molecular weight excluding hydrogens is 681 g/mol. The first-order chi connectivity index (χ1) is 27.8. The fourth-order valence-corrected chi connectivity index (χ4v) is 8.43. The third kappa shape index (κ3) is 5.15. The molecule has 0 N–H and O–H groups in total. The van der Waals surface area contributed by atoms with Crippen LogP contribution in [0, 0.1) is 0 Å². The standard InChI is InChI=1S/C52H34N4/c1-4-17-35(18-5-1)37-21-15-26-41(34-37)55-45-30-12-10-27-43(45)48-42(29-16-32-47(48)55)38-22-14-23-39(33-38)52-53-49(36-19-6-2-7-20-36)51-50(54-52)44-28-11-13-31-46(44)56(51)40-24-8-3-9-25-40/h1-34H. The van der Waals surface area contributed by atoms with E-state index in [9.17, 15) is 0 Å². The zero-order chi connectivity index (χ0) is 37.0. The Morgan fingerprint density at radius 3 is 1.68 bits per heavy atom. The molecule has 4 heteroatoms. The number of hydrogen-bond donors (Lipinski definition) is 0. The van der Waals surface area contributed by atoms with Crippen molar-refractivity contribution in [1.82, 2.24) is 19.1 Å². The van der Waals surface area contributed by atoms with E-state index < -0.39 is 0 Å². The Labute approximate surface area is 324 Å². The lowest BCUT2D eigenvalue weighted by Crippen LogP contribution is -1.99. The van der Waals surface area contributed by atoms with Crippen LogP contribution in [0.5, 0.6) is 0 Å². The zero-order valence-electron chi connectivity index (χ0n) is 30.4. The summed E-state index contributed by atoms with van der Waals surface area (Å²) in [4.78, 5) is 10.8. The predicted octanol–water partition coefficient (Wildman–Crippen LogP) is 13.3.